The fourth-order valence-corrected chi connectivity index (χ4v) is 3.25. The topological polar surface area (TPSA) is 83.5 Å². The lowest BCUT2D eigenvalue weighted by Crippen LogP contribution is -2.44. The zero-order valence-electron chi connectivity index (χ0n) is 10.6. The molecule has 0 saturated heterocycles. The van der Waals surface area contributed by atoms with E-state index in [-0.39, 0.29) is 11.7 Å². The second-order valence-corrected chi connectivity index (χ2v) is 7.23. The first-order valence-corrected chi connectivity index (χ1v) is 8.13. The van der Waals surface area contributed by atoms with E-state index in [1.54, 1.807) is 38.1 Å². The molecule has 0 amide bonds. The Kier molecular flexibility index (Phi) is 5.51. The molecule has 1 atom stereocenters. The molecule has 1 aromatic rings. The molecule has 0 aliphatic heterocycles. The Morgan fingerprint density at radius 1 is 1.32 bits per heavy atom. The van der Waals surface area contributed by atoms with E-state index >= 15 is 0 Å². The lowest BCUT2D eigenvalue weighted by atomic mass is 10.1. The first kappa shape index (κ1) is 16.1. The van der Waals surface area contributed by atoms with E-state index in [2.05, 4.69) is 20.7 Å². The zero-order valence-corrected chi connectivity index (χ0v) is 13.0. The van der Waals surface area contributed by atoms with Crippen LogP contribution < -0.4 is 4.72 Å². The SMILES string of the molecule is CC(C)[C@@H](NS(=O)(=O)Cc1ccc(Br)cc1)C(=O)O. The molecule has 0 fully saturated rings. The highest BCUT2D eigenvalue weighted by Gasteiger charge is 2.26. The quantitative estimate of drug-likeness (QED) is 0.822. The molecule has 7 heteroatoms. The second kappa shape index (κ2) is 6.49. The molecule has 0 saturated carbocycles. The summed E-state index contributed by atoms with van der Waals surface area (Å²) in [7, 11) is -3.68. The Labute approximate surface area is 121 Å². The number of halogens is 1. The van der Waals surface area contributed by atoms with Gasteiger partial charge in [0.05, 0.1) is 5.75 Å². The molecule has 0 aliphatic rings. The first-order valence-electron chi connectivity index (χ1n) is 5.68. The molecule has 106 valence electrons. The molecule has 2 N–H and O–H groups in total. The lowest BCUT2D eigenvalue weighted by Gasteiger charge is -2.17. The molecule has 0 aromatic heterocycles. The Hall–Kier alpha value is -0.920. The van der Waals surface area contributed by atoms with Crippen molar-refractivity contribution in [2.24, 2.45) is 5.92 Å². The van der Waals surface area contributed by atoms with Gasteiger partial charge in [-0.25, -0.2) is 13.1 Å². The van der Waals surface area contributed by atoms with Gasteiger partial charge in [-0.2, -0.15) is 0 Å². The average molecular weight is 350 g/mol. The number of nitrogens with one attached hydrogen (secondary N) is 1. The van der Waals surface area contributed by atoms with Gasteiger partial charge in [-0.1, -0.05) is 41.9 Å². The van der Waals surface area contributed by atoms with Gasteiger partial charge >= 0.3 is 5.97 Å². The van der Waals surface area contributed by atoms with Crippen molar-refractivity contribution in [3.05, 3.63) is 34.3 Å². The maximum atomic E-state index is 11.9. The van der Waals surface area contributed by atoms with Gasteiger partial charge in [0.25, 0.3) is 0 Å². The normalized spacial score (nSPS) is 13.5. The van der Waals surface area contributed by atoms with Crippen LogP contribution in [0.15, 0.2) is 28.7 Å². The van der Waals surface area contributed by atoms with Crippen molar-refractivity contribution in [3.8, 4) is 0 Å². The van der Waals surface area contributed by atoms with Crippen LogP contribution in [0.1, 0.15) is 19.4 Å². The number of aliphatic carboxylic acids is 1. The molecule has 1 aromatic carbocycles. The van der Waals surface area contributed by atoms with E-state index in [1.165, 1.54) is 0 Å². The summed E-state index contributed by atoms with van der Waals surface area (Å²) >= 11 is 3.26. The van der Waals surface area contributed by atoms with Crippen LogP contribution in [0, 0.1) is 5.92 Å². The minimum absolute atomic E-state index is 0.239. The number of carboxylic acids is 1. The fourth-order valence-electron chi connectivity index (χ4n) is 1.51. The van der Waals surface area contributed by atoms with E-state index in [1.807, 2.05) is 0 Å². The van der Waals surface area contributed by atoms with Crippen molar-refractivity contribution < 1.29 is 18.3 Å². The van der Waals surface area contributed by atoms with E-state index < -0.39 is 22.0 Å². The number of carbonyl (C=O) groups is 1. The summed E-state index contributed by atoms with van der Waals surface area (Å²) in [4.78, 5) is 11.0. The molecule has 19 heavy (non-hydrogen) atoms. The highest BCUT2D eigenvalue weighted by Crippen LogP contribution is 2.13. The van der Waals surface area contributed by atoms with Gasteiger partial charge in [-0.3, -0.25) is 4.79 Å². The molecule has 0 aliphatic carbocycles. The zero-order chi connectivity index (χ0) is 14.6. The molecular formula is C12H16BrNO4S. The van der Waals surface area contributed by atoms with Crippen molar-refractivity contribution >= 4 is 31.9 Å². The number of rotatable bonds is 6. The summed E-state index contributed by atoms with van der Waals surface area (Å²) in [6, 6.07) is 5.72. The van der Waals surface area contributed by atoms with Crippen LogP contribution in [0.5, 0.6) is 0 Å². The van der Waals surface area contributed by atoms with Crippen LogP contribution >= 0.6 is 15.9 Å². The number of hydrogen-bond donors (Lipinski definition) is 2. The summed E-state index contributed by atoms with van der Waals surface area (Å²) in [5, 5.41) is 8.98. The standard InChI is InChI=1S/C12H16BrNO4S/c1-8(2)11(12(15)16)14-19(17,18)7-9-3-5-10(13)6-4-9/h3-6,8,11,14H,7H2,1-2H3,(H,15,16)/t11-/m1/s1. The smallest absolute Gasteiger partial charge is 0.321 e. The van der Waals surface area contributed by atoms with Gasteiger partial charge < -0.3 is 5.11 Å². The number of hydrogen-bond acceptors (Lipinski definition) is 3. The molecule has 0 spiro atoms. The van der Waals surface area contributed by atoms with Crippen molar-refractivity contribution in [3.63, 3.8) is 0 Å². The van der Waals surface area contributed by atoms with E-state index in [9.17, 15) is 13.2 Å². The third-order valence-corrected chi connectivity index (χ3v) is 4.36. The van der Waals surface area contributed by atoms with Gasteiger partial charge in [0.15, 0.2) is 0 Å². The summed E-state index contributed by atoms with van der Waals surface area (Å²) < 4.78 is 26.9. The van der Waals surface area contributed by atoms with Gasteiger partial charge in [0.2, 0.25) is 10.0 Å². The predicted molar refractivity (Wildman–Crippen MR) is 76.2 cm³/mol. The summed E-state index contributed by atoms with van der Waals surface area (Å²) in [5.41, 5.74) is 0.601. The molecule has 0 bridgehead atoms. The van der Waals surface area contributed by atoms with Crippen LogP contribution in [-0.4, -0.2) is 25.5 Å². The third kappa shape index (κ3) is 5.30. The van der Waals surface area contributed by atoms with Crippen LogP contribution in [0.4, 0.5) is 0 Å². The second-order valence-electron chi connectivity index (χ2n) is 4.56. The summed E-state index contributed by atoms with van der Waals surface area (Å²) in [6.45, 7) is 3.31. The van der Waals surface area contributed by atoms with Crippen molar-refractivity contribution in [2.45, 2.75) is 25.6 Å². The average Bonchev–Trinajstić information content (AvgIpc) is 2.28. The predicted octanol–water partition coefficient (Wildman–Crippen LogP) is 1.98. The number of benzene rings is 1. The largest absolute Gasteiger partial charge is 0.480 e. The van der Waals surface area contributed by atoms with Crippen LogP contribution in [0.25, 0.3) is 0 Å². The van der Waals surface area contributed by atoms with Crippen LogP contribution in [0.3, 0.4) is 0 Å². The number of sulfonamides is 1. The molecule has 0 unspecified atom stereocenters. The Morgan fingerprint density at radius 3 is 2.26 bits per heavy atom. The molecule has 0 radical (unpaired) electrons. The molecular weight excluding hydrogens is 334 g/mol. The maximum absolute atomic E-state index is 11.9. The van der Waals surface area contributed by atoms with E-state index in [0.29, 0.717) is 5.56 Å². The van der Waals surface area contributed by atoms with Gasteiger partial charge in [0.1, 0.15) is 6.04 Å². The Bertz CT molecular complexity index is 539. The van der Waals surface area contributed by atoms with Gasteiger partial charge in [-0.05, 0) is 23.6 Å². The summed E-state index contributed by atoms with van der Waals surface area (Å²) in [6.07, 6.45) is 0. The number of carboxylic acid groups (broad SMARTS) is 1. The molecule has 0 heterocycles. The first-order chi connectivity index (χ1) is 8.71. The highest BCUT2D eigenvalue weighted by molar-refractivity contribution is 9.10. The minimum atomic E-state index is -3.68. The monoisotopic (exact) mass is 349 g/mol. The van der Waals surface area contributed by atoms with Gasteiger partial charge in [-0.15, -0.1) is 0 Å². The van der Waals surface area contributed by atoms with Crippen molar-refractivity contribution in [2.75, 3.05) is 0 Å². The van der Waals surface area contributed by atoms with Crippen molar-refractivity contribution in [1.82, 2.24) is 4.72 Å². The Morgan fingerprint density at radius 2 is 1.84 bits per heavy atom. The molecule has 1 rings (SSSR count). The van der Waals surface area contributed by atoms with Crippen molar-refractivity contribution in [1.29, 1.82) is 0 Å². The highest BCUT2D eigenvalue weighted by atomic mass is 79.9. The summed E-state index contributed by atoms with van der Waals surface area (Å²) in [5.74, 6) is -1.73. The lowest BCUT2D eigenvalue weighted by molar-refractivity contribution is -0.140. The minimum Gasteiger partial charge on any atom is -0.480 e. The third-order valence-electron chi connectivity index (χ3n) is 2.51. The van der Waals surface area contributed by atoms with E-state index in [4.69, 9.17) is 5.11 Å². The maximum Gasteiger partial charge on any atom is 0.321 e. The fraction of sp³-hybridized carbons (Fsp3) is 0.417. The van der Waals surface area contributed by atoms with E-state index in [0.717, 1.165) is 4.47 Å². The Balaban J connectivity index is 2.81. The van der Waals surface area contributed by atoms with Crippen LogP contribution in [0.2, 0.25) is 0 Å². The molecule has 5 nitrogen and oxygen atoms in total. The van der Waals surface area contributed by atoms with Crippen LogP contribution in [-0.2, 0) is 20.6 Å². The van der Waals surface area contributed by atoms with Gasteiger partial charge in [0, 0.05) is 4.47 Å².